The summed E-state index contributed by atoms with van der Waals surface area (Å²) < 4.78 is 0. The Labute approximate surface area is 107 Å². The van der Waals surface area contributed by atoms with Gasteiger partial charge in [-0.05, 0) is 39.2 Å². The lowest BCUT2D eigenvalue weighted by atomic mass is 9.95. The average Bonchev–Trinajstić information content (AvgIpc) is 2.27. The molecule has 1 rings (SSSR count). The number of benzene rings is 1. The van der Waals surface area contributed by atoms with E-state index in [-0.39, 0.29) is 0 Å². The van der Waals surface area contributed by atoms with E-state index < -0.39 is 17.4 Å². The number of amides is 1. The second-order valence-corrected chi connectivity index (χ2v) is 5.13. The van der Waals surface area contributed by atoms with Crippen molar-refractivity contribution >= 4 is 11.9 Å². The molecule has 0 aromatic heterocycles. The highest BCUT2D eigenvalue weighted by molar-refractivity contribution is 6.31. The van der Waals surface area contributed by atoms with Crippen LogP contribution in [0.5, 0.6) is 0 Å². The Kier molecular flexibility index (Phi) is 4.48. The van der Waals surface area contributed by atoms with E-state index in [4.69, 9.17) is 5.11 Å². The second kappa shape index (κ2) is 5.67. The minimum absolute atomic E-state index is 0.527. The van der Waals surface area contributed by atoms with Crippen molar-refractivity contribution in [3.8, 4) is 0 Å². The molecule has 0 aliphatic rings. The smallest absolute Gasteiger partial charge is 0.394 e. The van der Waals surface area contributed by atoms with Gasteiger partial charge in [0, 0.05) is 5.54 Å². The lowest BCUT2D eigenvalue weighted by molar-refractivity contribution is -0.151. The number of hydrogen-bond donors (Lipinski definition) is 2. The molecule has 0 unspecified atom stereocenters. The standard InChI is InChI=1S/C14H19NO3/c1-10-4-6-11(7-5-10)8-9-14(2,3)15-12(16)13(17)18/h4-7H,8-9H2,1-3H3,(H,15,16)(H,17,18). The number of carbonyl (C=O) groups excluding carboxylic acids is 1. The largest absolute Gasteiger partial charge is 0.474 e. The zero-order chi connectivity index (χ0) is 13.8. The van der Waals surface area contributed by atoms with E-state index in [0.29, 0.717) is 6.42 Å². The first-order valence-electron chi connectivity index (χ1n) is 5.91. The van der Waals surface area contributed by atoms with Gasteiger partial charge in [0.1, 0.15) is 0 Å². The van der Waals surface area contributed by atoms with Gasteiger partial charge in [-0.25, -0.2) is 4.79 Å². The van der Waals surface area contributed by atoms with E-state index in [1.54, 1.807) is 0 Å². The van der Waals surface area contributed by atoms with Crippen molar-refractivity contribution in [1.29, 1.82) is 0 Å². The van der Waals surface area contributed by atoms with Gasteiger partial charge >= 0.3 is 11.9 Å². The highest BCUT2D eigenvalue weighted by Crippen LogP contribution is 2.14. The van der Waals surface area contributed by atoms with Crippen molar-refractivity contribution < 1.29 is 14.7 Å². The zero-order valence-electron chi connectivity index (χ0n) is 11.0. The molecule has 1 amide bonds. The van der Waals surface area contributed by atoms with Crippen molar-refractivity contribution in [3.63, 3.8) is 0 Å². The fourth-order valence-corrected chi connectivity index (χ4v) is 1.63. The molecule has 18 heavy (non-hydrogen) atoms. The minimum Gasteiger partial charge on any atom is -0.474 e. The van der Waals surface area contributed by atoms with Gasteiger partial charge in [-0.2, -0.15) is 0 Å². The molecule has 0 saturated heterocycles. The quantitative estimate of drug-likeness (QED) is 0.801. The van der Waals surface area contributed by atoms with Crippen LogP contribution in [-0.4, -0.2) is 22.5 Å². The number of nitrogens with one attached hydrogen (secondary N) is 1. The Morgan fingerprint density at radius 1 is 1.22 bits per heavy atom. The molecule has 0 heterocycles. The van der Waals surface area contributed by atoms with Crippen molar-refractivity contribution in [2.45, 2.75) is 39.2 Å². The average molecular weight is 249 g/mol. The van der Waals surface area contributed by atoms with Crippen LogP contribution in [0.3, 0.4) is 0 Å². The van der Waals surface area contributed by atoms with Crippen LogP contribution >= 0.6 is 0 Å². The van der Waals surface area contributed by atoms with Crippen molar-refractivity contribution in [3.05, 3.63) is 35.4 Å². The summed E-state index contributed by atoms with van der Waals surface area (Å²) >= 11 is 0. The van der Waals surface area contributed by atoms with Crippen LogP contribution in [0.4, 0.5) is 0 Å². The van der Waals surface area contributed by atoms with Crippen molar-refractivity contribution in [1.82, 2.24) is 5.32 Å². The first-order valence-corrected chi connectivity index (χ1v) is 5.91. The maximum atomic E-state index is 11.1. The molecule has 0 saturated carbocycles. The van der Waals surface area contributed by atoms with Gasteiger partial charge < -0.3 is 10.4 Å². The molecule has 4 nitrogen and oxygen atoms in total. The summed E-state index contributed by atoms with van der Waals surface area (Å²) in [5.74, 6) is -2.40. The second-order valence-electron chi connectivity index (χ2n) is 5.13. The molecular formula is C14H19NO3. The third kappa shape index (κ3) is 4.57. The van der Waals surface area contributed by atoms with Crippen LogP contribution in [0.15, 0.2) is 24.3 Å². The van der Waals surface area contributed by atoms with Crippen LogP contribution in [0.1, 0.15) is 31.4 Å². The van der Waals surface area contributed by atoms with Crippen LogP contribution in [0, 0.1) is 6.92 Å². The molecule has 0 radical (unpaired) electrons. The molecule has 0 bridgehead atoms. The summed E-state index contributed by atoms with van der Waals surface area (Å²) in [4.78, 5) is 21.6. The summed E-state index contributed by atoms with van der Waals surface area (Å²) in [6.45, 7) is 5.67. The number of rotatable bonds is 4. The van der Waals surface area contributed by atoms with E-state index >= 15 is 0 Å². The number of aryl methyl sites for hydroxylation is 2. The molecule has 0 aliphatic heterocycles. The van der Waals surface area contributed by atoms with Crippen molar-refractivity contribution in [2.75, 3.05) is 0 Å². The number of hydrogen-bond acceptors (Lipinski definition) is 2. The maximum Gasteiger partial charge on any atom is 0.394 e. The van der Waals surface area contributed by atoms with Crippen LogP contribution in [-0.2, 0) is 16.0 Å². The van der Waals surface area contributed by atoms with Gasteiger partial charge in [0.05, 0.1) is 0 Å². The fourth-order valence-electron chi connectivity index (χ4n) is 1.63. The molecule has 1 aromatic rings. The SMILES string of the molecule is Cc1ccc(CCC(C)(C)NC(=O)C(=O)O)cc1. The van der Waals surface area contributed by atoms with E-state index in [1.165, 1.54) is 11.1 Å². The summed E-state index contributed by atoms with van der Waals surface area (Å²) in [5.41, 5.74) is 1.86. The van der Waals surface area contributed by atoms with Gasteiger partial charge in [0.2, 0.25) is 0 Å². The monoisotopic (exact) mass is 249 g/mol. The lowest BCUT2D eigenvalue weighted by Crippen LogP contribution is -2.46. The molecule has 2 N–H and O–H groups in total. The summed E-state index contributed by atoms with van der Waals surface area (Å²) in [6, 6.07) is 8.17. The van der Waals surface area contributed by atoms with E-state index in [2.05, 4.69) is 5.32 Å². The molecule has 0 atom stereocenters. The summed E-state index contributed by atoms with van der Waals surface area (Å²) in [6.07, 6.45) is 1.49. The molecule has 0 spiro atoms. The van der Waals surface area contributed by atoms with Gasteiger partial charge in [0.15, 0.2) is 0 Å². The minimum atomic E-state index is -1.45. The molecule has 1 aromatic carbocycles. The first-order chi connectivity index (χ1) is 8.30. The molecule has 0 aliphatic carbocycles. The predicted molar refractivity (Wildman–Crippen MR) is 69.4 cm³/mol. The fraction of sp³-hybridized carbons (Fsp3) is 0.429. The molecule has 4 heteroatoms. The molecular weight excluding hydrogens is 230 g/mol. The molecule has 0 fully saturated rings. The number of aliphatic carboxylic acids is 1. The number of carboxylic acid groups (broad SMARTS) is 1. The van der Waals surface area contributed by atoms with E-state index in [1.807, 2.05) is 45.0 Å². The van der Waals surface area contributed by atoms with Crippen molar-refractivity contribution in [2.24, 2.45) is 0 Å². The summed E-state index contributed by atoms with van der Waals surface area (Å²) in [7, 11) is 0. The van der Waals surface area contributed by atoms with E-state index in [0.717, 1.165) is 6.42 Å². The first kappa shape index (κ1) is 14.2. The Balaban J connectivity index is 2.53. The predicted octanol–water partition coefficient (Wildman–Crippen LogP) is 1.91. The molecule has 98 valence electrons. The topological polar surface area (TPSA) is 66.4 Å². The Morgan fingerprint density at radius 2 is 1.78 bits per heavy atom. The number of carbonyl (C=O) groups is 2. The third-order valence-electron chi connectivity index (χ3n) is 2.81. The maximum absolute atomic E-state index is 11.1. The van der Waals surface area contributed by atoms with Crippen LogP contribution < -0.4 is 5.32 Å². The zero-order valence-corrected chi connectivity index (χ0v) is 11.0. The third-order valence-corrected chi connectivity index (χ3v) is 2.81. The Morgan fingerprint density at radius 3 is 2.28 bits per heavy atom. The van der Waals surface area contributed by atoms with E-state index in [9.17, 15) is 9.59 Å². The van der Waals surface area contributed by atoms with Gasteiger partial charge in [-0.3, -0.25) is 4.79 Å². The van der Waals surface area contributed by atoms with Gasteiger partial charge in [0.25, 0.3) is 0 Å². The lowest BCUT2D eigenvalue weighted by Gasteiger charge is -2.25. The van der Waals surface area contributed by atoms with Crippen LogP contribution in [0.25, 0.3) is 0 Å². The van der Waals surface area contributed by atoms with Gasteiger partial charge in [-0.15, -0.1) is 0 Å². The highest BCUT2D eigenvalue weighted by atomic mass is 16.4. The summed E-state index contributed by atoms with van der Waals surface area (Å²) in [5, 5.41) is 11.0. The highest BCUT2D eigenvalue weighted by Gasteiger charge is 2.23. The number of carboxylic acids is 1. The van der Waals surface area contributed by atoms with Crippen LogP contribution in [0.2, 0.25) is 0 Å². The normalized spacial score (nSPS) is 11.1. The Hall–Kier alpha value is -1.84. The Bertz CT molecular complexity index is 435. The van der Waals surface area contributed by atoms with Gasteiger partial charge in [-0.1, -0.05) is 29.8 Å².